The molecular weight excluding hydrogens is 232 g/mol. The van der Waals surface area contributed by atoms with Crippen molar-refractivity contribution in [2.24, 2.45) is 0 Å². The number of thioether (sulfide) groups is 1. The van der Waals surface area contributed by atoms with Crippen molar-refractivity contribution in [3.8, 4) is 0 Å². The largest absolute Gasteiger partial charge is 0.343 e. The Hall–Kier alpha value is -0.220. The molecule has 0 aromatic heterocycles. The normalized spacial score (nSPS) is 17.1. The Bertz CT molecular complexity index is 217. The molecule has 0 atom stereocenters. The van der Waals surface area contributed by atoms with Crippen LogP contribution in [0.3, 0.4) is 0 Å². The molecule has 1 aliphatic heterocycles. The molecule has 17 heavy (non-hydrogen) atoms. The topological polar surface area (TPSA) is 32.3 Å². The van der Waals surface area contributed by atoms with Gasteiger partial charge in [0.2, 0.25) is 5.91 Å². The van der Waals surface area contributed by atoms with E-state index in [1.807, 2.05) is 23.7 Å². The van der Waals surface area contributed by atoms with Crippen LogP contribution in [0.4, 0.5) is 0 Å². The van der Waals surface area contributed by atoms with Crippen LogP contribution in [0.15, 0.2) is 0 Å². The van der Waals surface area contributed by atoms with Crippen molar-refractivity contribution in [1.29, 1.82) is 0 Å². The molecule has 0 aromatic rings. The molecule has 1 N–H and O–H groups in total. The lowest BCUT2D eigenvalue weighted by atomic mass is 10.1. The maximum atomic E-state index is 12.0. The molecule has 1 fully saturated rings. The highest BCUT2D eigenvalue weighted by atomic mass is 32.2. The van der Waals surface area contributed by atoms with Crippen LogP contribution in [0.1, 0.15) is 39.0 Å². The van der Waals surface area contributed by atoms with Gasteiger partial charge in [0.1, 0.15) is 0 Å². The Kier molecular flexibility index (Phi) is 7.69. The zero-order valence-corrected chi connectivity index (χ0v) is 12.0. The SMILES string of the molecule is CCCCSCCC(=O)N(C)C1CCNCC1. The highest BCUT2D eigenvalue weighted by Crippen LogP contribution is 2.13. The molecule has 3 nitrogen and oxygen atoms in total. The standard InChI is InChI=1S/C13H26N2OS/c1-3-4-10-17-11-7-13(16)15(2)12-5-8-14-9-6-12/h12,14H,3-11H2,1-2H3. The minimum absolute atomic E-state index is 0.320. The van der Waals surface area contributed by atoms with E-state index >= 15 is 0 Å². The average molecular weight is 258 g/mol. The molecule has 0 aliphatic carbocycles. The molecule has 0 radical (unpaired) electrons. The summed E-state index contributed by atoms with van der Waals surface area (Å²) in [6.45, 7) is 4.30. The van der Waals surface area contributed by atoms with Gasteiger partial charge < -0.3 is 10.2 Å². The molecule has 1 aliphatic rings. The summed E-state index contributed by atoms with van der Waals surface area (Å²) < 4.78 is 0. The number of carbonyl (C=O) groups is 1. The van der Waals surface area contributed by atoms with Gasteiger partial charge in [0.25, 0.3) is 0 Å². The van der Waals surface area contributed by atoms with Crippen molar-refractivity contribution in [3.05, 3.63) is 0 Å². The minimum Gasteiger partial charge on any atom is -0.343 e. The van der Waals surface area contributed by atoms with Gasteiger partial charge in [-0.1, -0.05) is 13.3 Å². The number of hydrogen-bond acceptors (Lipinski definition) is 3. The van der Waals surface area contributed by atoms with E-state index in [1.165, 1.54) is 18.6 Å². The highest BCUT2D eigenvalue weighted by molar-refractivity contribution is 7.99. The maximum Gasteiger partial charge on any atom is 0.223 e. The lowest BCUT2D eigenvalue weighted by molar-refractivity contribution is -0.131. The highest BCUT2D eigenvalue weighted by Gasteiger charge is 2.21. The second kappa shape index (κ2) is 8.81. The van der Waals surface area contributed by atoms with Crippen LogP contribution in [0.25, 0.3) is 0 Å². The fourth-order valence-corrected chi connectivity index (χ4v) is 3.10. The molecule has 0 spiro atoms. The van der Waals surface area contributed by atoms with E-state index in [4.69, 9.17) is 0 Å². The molecule has 100 valence electrons. The summed E-state index contributed by atoms with van der Waals surface area (Å²) >= 11 is 1.91. The second-order valence-electron chi connectivity index (χ2n) is 4.70. The fraction of sp³-hybridized carbons (Fsp3) is 0.923. The van der Waals surface area contributed by atoms with Crippen molar-refractivity contribution < 1.29 is 4.79 Å². The van der Waals surface area contributed by atoms with Gasteiger partial charge in [-0.3, -0.25) is 4.79 Å². The van der Waals surface area contributed by atoms with Crippen LogP contribution in [-0.4, -0.2) is 48.5 Å². The first-order valence-electron chi connectivity index (χ1n) is 6.79. The third kappa shape index (κ3) is 5.77. The lowest BCUT2D eigenvalue weighted by Crippen LogP contribution is -2.44. The Morgan fingerprint density at radius 3 is 2.71 bits per heavy atom. The van der Waals surface area contributed by atoms with Gasteiger partial charge in [-0.15, -0.1) is 0 Å². The number of piperidine rings is 1. The Morgan fingerprint density at radius 1 is 1.35 bits per heavy atom. The third-order valence-corrected chi connectivity index (χ3v) is 4.42. The van der Waals surface area contributed by atoms with Crippen LogP contribution in [0.2, 0.25) is 0 Å². The fourth-order valence-electron chi connectivity index (χ4n) is 2.08. The average Bonchev–Trinajstić information content (AvgIpc) is 2.38. The summed E-state index contributed by atoms with van der Waals surface area (Å²) in [5.41, 5.74) is 0. The van der Waals surface area contributed by atoms with E-state index in [9.17, 15) is 4.79 Å². The molecule has 1 saturated heterocycles. The quantitative estimate of drug-likeness (QED) is 0.710. The van der Waals surface area contributed by atoms with Gasteiger partial charge in [0.15, 0.2) is 0 Å². The number of rotatable bonds is 7. The summed E-state index contributed by atoms with van der Waals surface area (Å²) in [4.78, 5) is 13.9. The van der Waals surface area contributed by atoms with Gasteiger partial charge >= 0.3 is 0 Å². The molecule has 0 bridgehead atoms. The molecule has 1 heterocycles. The van der Waals surface area contributed by atoms with Gasteiger partial charge in [0, 0.05) is 25.3 Å². The number of nitrogens with one attached hydrogen (secondary N) is 1. The van der Waals surface area contributed by atoms with Gasteiger partial charge in [-0.2, -0.15) is 11.8 Å². The Morgan fingerprint density at radius 2 is 2.06 bits per heavy atom. The number of unbranched alkanes of at least 4 members (excludes halogenated alkanes) is 1. The summed E-state index contributed by atoms with van der Waals surface area (Å²) in [5, 5.41) is 3.33. The van der Waals surface area contributed by atoms with E-state index in [-0.39, 0.29) is 0 Å². The molecule has 1 amide bonds. The summed E-state index contributed by atoms with van der Waals surface area (Å²) in [7, 11) is 1.97. The van der Waals surface area contributed by atoms with E-state index in [2.05, 4.69) is 12.2 Å². The zero-order chi connectivity index (χ0) is 12.5. The third-order valence-electron chi connectivity index (χ3n) is 3.35. The molecular formula is C13H26N2OS. The first-order valence-corrected chi connectivity index (χ1v) is 7.95. The predicted molar refractivity (Wildman–Crippen MR) is 75.5 cm³/mol. The van der Waals surface area contributed by atoms with E-state index in [0.717, 1.165) is 31.7 Å². The van der Waals surface area contributed by atoms with Crippen LogP contribution in [-0.2, 0) is 4.79 Å². The van der Waals surface area contributed by atoms with E-state index < -0.39 is 0 Å². The van der Waals surface area contributed by atoms with Crippen molar-refractivity contribution >= 4 is 17.7 Å². The molecule has 4 heteroatoms. The lowest BCUT2D eigenvalue weighted by Gasteiger charge is -2.31. The van der Waals surface area contributed by atoms with E-state index in [1.54, 1.807) is 0 Å². The maximum absolute atomic E-state index is 12.0. The van der Waals surface area contributed by atoms with Crippen LogP contribution < -0.4 is 5.32 Å². The van der Waals surface area contributed by atoms with Gasteiger partial charge in [0.05, 0.1) is 0 Å². The first-order chi connectivity index (χ1) is 8.25. The number of amides is 1. The summed E-state index contributed by atoms with van der Waals surface area (Å²) in [6.07, 6.45) is 5.42. The monoisotopic (exact) mass is 258 g/mol. The van der Waals surface area contributed by atoms with Crippen molar-refractivity contribution in [2.75, 3.05) is 31.6 Å². The van der Waals surface area contributed by atoms with Gasteiger partial charge in [-0.05, 0) is 38.1 Å². The van der Waals surface area contributed by atoms with Gasteiger partial charge in [-0.25, -0.2) is 0 Å². The minimum atomic E-state index is 0.320. The summed E-state index contributed by atoms with van der Waals surface area (Å²) in [6, 6.07) is 0.462. The number of nitrogens with zero attached hydrogens (tertiary/aromatic N) is 1. The Balaban J connectivity index is 2.13. The van der Waals surface area contributed by atoms with Crippen LogP contribution in [0, 0.1) is 0 Å². The van der Waals surface area contributed by atoms with Crippen molar-refractivity contribution in [3.63, 3.8) is 0 Å². The van der Waals surface area contributed by atoms with Crippen molar-refractivity contribution in [2.45, 2.75) is 45.1 Å². The van der Waals surface area contributed by atoms with E-state index in [0.29, 0.717) is 18.4 Å². The number of carbonyl (C=O) groups excluding carboxylic acids is 1. The Labute approximate surface area is 110 Å². The van der Waals surface area contributed by atoms with Crippen LogP contribution in [0.5, 0.6) is 0 Å². The predicted octanol–water partition coefficient (Wildman–Crippen LogP) is 2.12. The molecule has 0 unspecified atom stereocenters. The van der Waals surface area contributed by atoms with Crippen LogP contribution >= 0.6 is 11.8 Å². The molecule has 0 saturated carbocycles. The zero-order valence-electron chi connectivity index (χ0n) is 11.2. The first kappa shape index (κ1) is 14.8. The summed E-state index contributed by atoms with van der Waals surface area (Å²) in [5.74, 6) is 2.50. The second-order valence-corrected chi connectivity index (χ2v) is 5.93. The molecule has 1 rings (SSSR count). The molecule has 0 aromatic carbocycles. The number of hydrogen-bond donors (Lipinski definition) is 1. The smallest absolute Gasteiger partial charge is 0.223 e. The van der Waals surface area contributed by atoms with Crippen molar-refractivity contribution in [1.82, 2.24) is 10.2 Å².